The minimum atomic E-state index is -2.43. The van der Waals surface area contributed by atoms with Gasteiger partial charge in [-0.15, -0.1) is 0 Å². The molecule has 0 spiro atoms. The number of benzene rings is 3. The summed E-state index contributed by atoms with van der Waals surface area (Å²) in [6.07, 6.45) is -0.308. The maximum atomic E-state index is 15.9. The molecule has 0 unspecified atom stereocenters. The molecule has 0 fully saturated rings. The molecule has 0 heterocycles. The van der Waals surface area contributed by atoms with E-state index in [4.69, 9.17) is 9.47 Å². The number of fused-ring (bicyclic) bond motifs is 3. The van der Waals surface area contributed by atoms with E-state index in [0.29, 0.717) is 22.3 Å². The van der Waals surface area contributed by atoms with Crippen molar-refractivity contribution in [2.45, 2.75) is 5.85 Å². The fraction of sp³-hybridized carbons (Fsp3) is 0.125. The third-order valence-electron chi connectivity index (χ3n) is 4.71. The van der Waals surface area contributed by atoms with Gasteiger partial charge in [-0.1, -0.05) is 94.8 Å². The maximum Gasteiger partial charge on any atom is 0.511 e. The molecule has 6 heteroatoms. The van der Waals surface area contributed by atoms with Crippen LogP contribution in [0.5, 0.6) is 0 Å². The largest absolute Gasteiger partial charge is 0.515 e. The molecule has 0 saturated heterocycles. The van der Waals surface area contributed by atoms with E-state index in [1.54, 1.807) is 72.8 Å². The van der Waals surface area contributed by atoms with Gasteiger partial charge >= 0.3 is 12.0 Å². The Morgan fingerprint density at radius 2 is 1.43 bits per heavy atom. The smallest absolute Gasteiger partial charge is 0.511 e. The van der Waals surface area contributed by atoms with Gasteiger partial charge < -0.3 is 14.6 Å². The summed E-state index contributed by atoms with van der Waals surface area (Å²) in [7, 11) is 0. The first kappa shape index (κ1) is 21.6. The third kappa shape index (κ3) is 4.09. The molecular formula is C24H20BrFO4. The molecule has 0 aliphatic heterocycles. The zero-order valence-electron chi connectivity index (χ0n) is 16.2. The molecule has 1 aliphatic rings. The second kappa shape index (κ2) is 9.59. The average molecular weight is 471 g/mol. The third-order valence-corrected chi connectivity index (χ3v) is 4.71. The first-order valence-corrected chi connectivity index (χ1v) is 10.7. The molecule has 1 N–H and O–H groups in total. The summed E-state index contributed by atoms with van der Waals surface area (Å²) < 4.78 is 26.1. The molecule has 0 atom stereocenters. The number of ether oxygens (including phenoxy) is 2. The van der Waals surface area contributed by atoms with Crippen LogP contribution in [0.4, 0.5) is 9.18 Å². The van der Waals surface area contributed by atoms with E-state index in [9.17, 15) is 9.90 Å². The molecule has 0 saturated carbocycles. The quantitative estimate of drug-likeness (QED) is 0.265. The SMILES string of the molecule is CBr.O=C(OCC(=CO)c1ccccc1)OC1(F)c2ccccc2-c2ccccc21. The van der Waals surface area contributed by atoms with Crippen LogP contribution in [-0.4, -0.2) is 23.7 Å². The Kier molecular flexibility index (Phi) is 6.90. The van der Waals surface area contributed by atoms with Crippen molar-refractivity contribution < 1.29 is 23.8 Å². The van der Waals surface area contributed by atoms with Crippen molar-refractivity contribution in [2.24, 2.45) is 0 Å². The minimum Gasteiger partial charge on any atom is -0.515 e. The highest BCUT2D eigenvalue weighted by atomic mass is 79.9. The van der Waals surface area contributed by atoms with E-state index < -0.39 is 12.0 Å². The number of hydrogen-bond donors (Lipinski definition) is 1. The Morgan fingerprint density at radius 1 is 0.933 bits per heavy atom. The van der Waals surface area contributed by atoms with Crippen LogP contribution in [0, 0.1) is 0 Å². The fourth-order valence-electron chi connectivity index (χ4n) is 3.38. The lowest BCUT2D eigenvalue weighted by Gasteiger charge is -2.22. The summed E-state index contributed by atoms with van der Waals surface area (Å²) in [5.41, 5.74) is 2.92. The predicted octanol–water partition coefficient (Wildman–Crippen LogP) is 6.60. The number of aliphatic hydroxyl groups excluding tert-OH is 1. The number of rotatable bonds is 4. The van der Waals surface area contributed by atoms with Gasteiger partial charge in [0.05, 0.1) is 6.26 Å². The van der Waals surface area contributed by atoms with Crippen molar-refractivity contribution in [1.29, 1.82) is 0 Å². The van der Waals surface area contributed by atoms with Crippen molar-refractivity contribution in [1.82, 2.24) is 0 Å². The Hall–Kier alpha value is -3.12. The van der Waals surface area contributed by atoms with Crippen LogP contribution in [0.25, 0.3) is 16.7 Å². The van der Waals surface area contributed by atoms with Gasteiger partial charge in [-0.2, -0.15) is 4.39 Å². The van der Waals surface area contributed by atoms with Gasteiger partial charge in [0, 0.05) is 16.7 Å². The van der Waals surface area contributed by atoms with Gasteiger partial charge in [0.25, 0.3) is 0 Å². The number of halogens is 2. The Balaban J connectivity index is 0.00000124. The van der Waals surface area contributed by atoms with Gasteiger partial charge in [-0.05, 0) is 22.5 Å². The van der Waals surface area contributed by atoms with Crippen molar-refractivity contribution in [3.8, 4) is 11.1 Å². The summed E-state index contributed by atoms with van der Waals surface area (Å²) in [5, 5.41) is 9.42. The highest BCUT2D eigenvalue weighted by molar-refractivity contribution is 9.08. The number of aliphatic hydroxyl groups is 1. The molecular weight excluding hydrogens is 451 g/mol. The lowest BCUT2D eigenvalue weighted by atomic mass is 10.1. The van der Waals surface area contributed by atoms with E-state index in [0.717, 1.165) is 6.26 Å². The molecule has 4 rings (SSSR count). The van der Waals surface area contributed by atoms with Crippen LogP contribution in [0.1, 0.15) is 16.7 Å². The van der Waals surface area contributed by atoms with Crippen LogP contribution in [-0.2, 0) is 15.3 Å². The van der Waals surface area contributed by atoms with Crippen molar-refractivity contribution in [2.75, 3.05) is 12.4 Å². The molecule has 30 heavy (non-hydrogen) atoms. The highest BCUT2D eigenvalue weighted by Crippen LogP contribution is 2.50. The minimum absolute atomic E-state index is 0.251. The molecule has 154 valence electrons. The second-order valence-corrected chi connectivity index (χ2v) is 6.35. The molecule has 0 aromatic heterocycles. The molecule has 3 aromatic rings. The standard InChI is InChI=1S/C23H17FO4.CH3Br/c24-23(20-12-6-4-10-18(20)19-11-5-7-13-21(19)23)28-22(26)27-15-17(14-25)16-8-2-1-3-9-16;1-2/h1-14,25H,15H2;1H3. The monoisotopic (exact) mass is 470 g/mol. The molecule has 4 nitrogen and oxygen atoms in total. The molecule has 0 radical (unpaired) electrons. The fourth-order valence-corrected chi connectivity index (χ4v) is 3.38. The van der Waals surface area contributed by atoms with Crippen LogP contribution in [0.3, 0.4) is 0 Å². The van der Waals surface area contributed by atoms with Gasteiger partial charge in [0.2, 0.25) is 0 Å². The van der Waals surface area contributed by atoms with Crippen LogP contribution < -0.4 is 0 Å². The summed E-state index contributed by atoms with van der Waals surface area (Å²) in [4.78, 5) is 12.3. The highest BCUT2D eigenvalue weighted by Gasteiger charge is 2.47. The average Bonchev–Trinajstić information content (AvgIpc) is 3.05. The predicted molar refractivity (Wildman–Crippen MR) is 118 cm³/mol. The number of alkyl halides is 2. The molecule has 0 amide bonds. The van der Waals surface area contributed by atoms with E-state index in [-0.39, 0.29) is 17.7 Å². The number of hydrogen-bond acceptors (Lipinski definition) is 4. The van der Waals surface area contributed by atoms with E-state index in [1.165, 1.54) is 0 Å². The zero-order valence-corrected chi connectivity index (χ0v) is 17.8. The van der Waals surface area contributed by atoms with Gasteiger partial charge in [-0.3, -0.25) is 0 Å². The molecule has 1 aliphatic carbocycles. The lowest BCUT2D eigenvalue weighted by molar-refractivity contribution is -0.0904. The first-order valence-electron chi connectivity index (χ1n) is 9.14. The van der Waals surface area contributed by atoms with Crippen molar-refractivity contribution >= 4 is 27.7 Å². The van der Waals surface area contributed by atoms with Crippen LogP contribution in [0.15, 0.2) is 85.1 Å². The van der Waals surface area contributed by atoms with Crippen LogP contribution >= 0.6 is 15.9 Å². The van der Waals surface area contributed by atoms with Crippen LogP contribution in [0.2, 0.25) is 0 Å². The number of carbonyl (C=O) groups is 1. The Bertz CT molecular complexity index is 1000. The van der Waals surface area contributed by atoms with Crippen molar-refractivity contribution in [3.05, 3.63) is 102 Å². The van der Waals surface area contributed by atoms with E-state index in [1.807, 2.05) is 11.9 Å². The van der Waals surface area contributed by atoms with E-state index in [2.05, 4.69) is 15.9 Å². The Labute approximate surface area is 182 Å². The van der Waals surface area contributed by atoms with E-state index >= 15 is 4.39 Å². The molecule has 3 aromatic carbocycles. The second-order valence-electron chi connectivity index (χ2n) is 6.35. The van der Waals surface area contributed by atoms with Crippen molar-refractivity contribution in [3.63, 3.8) is 0 Å². The summed E-state index contributed by atoms with van der Waals surface area (Å²) in [5.74, 6) is -0.618. The Morgan fingerprint density at radius 3 is 1.97 bits per heavy atom. The van der Waals surface area contributed by atoms with Gasteiger partial charge in [0.1, 0.15) is 6.61 Å². The number of carbonyl (C=O) groups excluding carboxylic acids is 1. The lowest BCUT2D eigenvalue weighted by Crippen LogP contribution is -2.27. The van der Waals surface area contributed by atoms with Gasteiger partial charge in [-0.25, -0.2) is 4.79 Å². The maximum absolute atomic E-state index is 15.9. The summed E-state index contributed by atoms with van der Waals surface area (Å²) >= 11 is 2.94. The first-order chi connectivity index (χ1) is 14.6. The zero-order chi connectivity index (χ0) is 21.6. The summed E-state index contributed by atoms with van der Waals surface area (Å²) in [6, 6.07) is 22.7. The molecule has 0 bridgehead atoms. The van der Waals surface area contributed by atoms with Gasteiger partial charge in [0.15, 0.2) is 0 Å². The topological polar surface area (TPSA) is 55.8 Å². The normalized spacial score (nSPS) is 13.4. The summed E-state index contributed by atoms with van der Waals surface area (Å²) in [6.45, 7) is -0.251.